The molecule has 1 aliphatic rings. The zero-order valence-electron chi connectivity index (χ0n) is 15.4. The summed E-state index contributed by atoms with van der Waals surface area (Å²) in [5, 5.41) is 7.59. The Hall–Kier alpha value is -1.74. The highest BCUT2D eigenvalue weighted by molar-refractivity contribution is 7.98. The van der Waals surface area contributed by atoms with Crippen molar-refractivity contribution in [2.75, 3.05) is 58.9 Å². The average Bonchev–Trinajstić information content (AvgIpc) is 3.04. The molecule has 1 amide bonds. The van der Waals surface area contributed by atoms with Crippen LogP contribution in [0.3, 0.4) is 0 Å². The summed E-state index contributed by atoms with van der Waals surface area (Å²) in [5.41, 5.74) is 1.06. The molecule has 0 radical (unpaired) electrons. The van der Waals surface area contributed by atoms with E-state index in [4.69, 9.17) is 4.74 Å². The predicted octanol–water partition coefficient (Wildman–Crippen LogP) is 0.190. The fourth-order valence-corrected chi connectivity index (χ4v) is 2.77. The van der Waals surface area contributed by atoms with Crippen molar-refractivity contribution in [2.45, 2.75) is 6.10 Å². The number of carbonyl (C=O) groups is 1. The number of guanidine groups is 1. The van der Waals surface area contributed by atoms with E-state index in [1.54, 1.807) is 35.4 Å². The van der Waals surface area contributed by atoms with E-state index in [1.807, 2.05) is 19.4 Å². The molecule has 25 heavy (non-hydrogen) atoms. The van der Waals surface area contributed by atoms with Crippen LogP contribution in [0.25, 0.3) is 0 Å². The van der Waals surface area contributed by atoms with Gasteiger partial charge in [-0.2, -0.15) is 16.9 Å². The molecule has 1 unspecified atom stereocenters. The summed E-state index contributed by atoms with van der Waals surface area (Å²) in [6, 6.07) is 0. The van der Waals surface area contributed by atoms with Gasteiger partial charge < -0.3 is 19.9 Å². The second kappa shape index (κ2) is 9.67. The number of rotatable bonds is 6. The summed E-state index contributed by atoms with van der Waals surface area (Å²) in [5.74, 6) is 1.74. The molecular formula is C16H28N6O2S. The lowest BCUT2D eigenvalue weighted by Gasteiger charge is -2.35. The van der Waals surface area contributed by atoms with Gasteiger partial charge >= 0.3 is 0 Å². The summed E-state index contributed by atoms with van der Waals surface area (Å²) >= 11 is 1.77. The maximum absolute atomic E-state index is 11.9. The molecule has 2 rings (SSSR count). The van der Waals surface area contributed by atoms with Crippen molar-refractivity contribution in [3.63, 3.8) is 0 Å². The lowest BCUT2D eigenvalue weighted by Crippen LogP contribution is -2.49. The molecule has 0 aliphatic carbocycles. The summed E-state index contributed by atoms with van der Waals surface area (Å²) in [4.78, 5) is 20.1. The molecule has 0 saturated carbocycles. The molecule has 8 nitrogen and oxygen atoms in total. The normalized spacial score (nSPS) is 18.3. The Balaban J connectivity index is 2.06. The lowest BCUT2D eigenvalue weighted by atomic mass is 10.1. The number of thioether (sulfide) groups is 1. The van der Waals surface area contributed by atoms with E-state index in [1.165, 1.54) is 0 Å². The van der Waals surface area contributed by atoms with E-state index in [-0.39, 0.29) is 18.6 Å². The van der Waals surface area contributed by atoms with Gasteiger partial charge in [-0.15, -0.1) is 0 Å². The summed E-state index contributed by atoms with van der Waals surface area (Å²) in [7, 11) is 5.38. The Morgan fingerprint density at radius 1 is 1.56 bits per heavy atom. The summed E-state index contributed by atoms with van der Waals surface area (Å²) in [6.07, 6.45) is 5.84. The fourth-order valence-electron chi connectivity index (χ4n) is 2.47. The van der Waals surface area contributed by atoms with E-state index in [2.05, 4.69) is 26.6 Å². The Kier molecular flexibility index (Phi) is 7.57. The van der Waals surface area contributed by atoms with Gasteiger partial charge in [0.1, 0.15) is 12.6 Å². The zero-order valence-corrected chi connectivity index (χ0v) is 16.3. The van der Waals surface area contributed by atoms with Gasteiger partial charge in [0.05, 0.1) is 19.3 Å². The molecule has 1 aliphatic heterocycles. The molecule has 2 heterocycles. The van der Waals surface area contributed by atoms with E-state index in [0.29, 0.717) is 13.2 Å². The molecule has 140 valence electrons. The zero-order chi connectivity index (χ0) is 18.2. The number of aliphatic imine (C=N–C) groups is 1. The highest BCUT2D eigenvalue weighted by Gasteiger charge is 2.25. The van der Waals surface area contributed by atoms with Crippen LogP contribution in [0.4, 0.5) is 0 Å². The molecular weight excluding hydrogens is 340 g/mol. The number of morpholine rings is 1. The number of hydrogen-bond donors (Lipinski definition) is 1. The van der Waals surface area contributed by atoms with Crippen LogP contribution in [-0.4, -0.2) is 90.3 Å². The first-order chi connectivity index (χ1) is 12.0. The van der Waals surface area contributed by atoms with Crippen LogP contribution in [0.5, 0.6) is 0 Å². The molecule has 0 spiro atoms. The van der Waals surface area contributed by atoms with Gasteiger partial charge in [-0.1, -0.05) is 0 Å². The third-order valence-electron chi connectivity index (χ3n) is 3.91. The van der Waals surface area contributed by atoms with Crippen LogP contribution in [0.2, 0.25) is 0 Å². The number of amides is 1. The number of aryl methyl sites for hydroxylation is 1. The molecule has 1 saturated heterocycles. The van der Waals surface area contributed by atoms with Crippen LogP contribution in [0, 0.1) is 0 Å². The highest BCUT2D eigenvalue weighted by Crippen LogP contribution is 2.21. The summed E-state index contributed by atoms with van der Waals surface area (Å²) < 4.78 is 7.67. The number of hydrogen-bond acceptors (Lipinski definition) is 5. The number of aromatic nitrogens is 2. The number of nitrogens with zero attached hydrogens (tertiary/aromatic N) is 5. The topological polar surface area (TPSA) is 75.0 Å². The van der Waals surface area contributed by atoms with Gasteiger partial charge in [0.15, 0.2) is 5.96 Å². The lowest BCUT2D eigenvalue weighted by molar-refractivity contribution is -0.127. The van der Waals surface area contributed by atoms with Crippen LogP contribution in [0.15, 0.2) is 17.4 Å². The summed E-state index contributed by atoms with van der Waals surface area (Å²) in [6.45, 7) is 3.00. The van der Waals surface area contributed by atoms with E-state index < -0.39 is 0 Å². The third-order valence-corrected chi connectivity index (χ3v) is 4.53. The predicted molar refractivity (Wildman–Crippen MR) is 101 cm³/mol. The smallest absolute Gasteiger partial charge is 0.243 e. The Morgan fingerprint density at radius 3 is 3.00 bits per heavy atom. The van der Waals surface area contributed by atoms with Crippen molar-refractivity contribution in [2.24, 2.45) is 12.0 Å². The Morgan fingerprint density at radius 2 is 2.36 bits per heavy atom. The van der Waals surface area contributed by atoms with Crippen molar-refractivity contribution in [3.8, 4) is 0 Å². The molecule has 1 aromatic heterocycles. The van der Waals surface area contributed by atoms with Crippen molar-refractivity contribution in [1.82, 2.24) is 24.9 Å². The molecule has 1 aromatic rings. The number of carbonyl (C=O) groups excluding carboxylic acids is 1. The second-order valence-electron chi connectivity index (χ2n) is 6.10. The largest absolute Gasteiger partial charge is 0.370 e. The quantitative estimate of drug-likeness (QED) is 0.439. The van der Waals surface area contributed by atoms with Gasteiger partial charge in [-0.25, -0.2) is 4.99 Å². The number of likely N-dealkylation sites (N-methyl/N-ethyl adjacent to an activating group) is 1. The monoisotopic (exact) mass is 368 g/mol. The van der Waals surface area contributed by atoms with Gasteiger partial charge in [-0.3, -0.25) is 9.48 Å². The van der Waals surface area contributed by atoms with Crippen molar-refractivity contribution in [3.05, 3.63) is 18.0 Å². The highest BCUT2D eigenvalue weighted by atomic mass is 32.2. The Labute approximate surface area is 153 Å². The molecule has 0 aromatic carbocycles. The van der Waals surface area contributed by atoms with Gasteiger partial charge in [0, 0.05) is 51.7 Å². The van der Waals surface area contributed by atoms with Crippen molar-refractivity contribution >= 4 is 23.6 Å². The molecule has 1 atom stereocenters. The minimum Gasteiger partial charge on any atom is -0.370 e. The van der Waals surface area contributed by atoms with Crippen molar-refractivity contribution in [1.29, 1.82) is 0 Å². The van der Waals surface area contributed by atoms with Crippen molar-refractivity contribution < 1.29 is 9.53 Å². The molecule has 9 heteroatoms. The molecule has 1 N–H and O–H groups in total. The number of ether oxygens (including phenoxy) is 1. The standard InChI is InChI=1S/C16H28N6O2S/c1-20(2)15(23)10-18-16(17-5-8-25-4)22-6-7-24-14(12-22)13-9-19-21(3)11-13/h9,11,14H,5-8,10,12H2,1-4H3,(H,17,18). The average molecular weight is 369 g/mol. The molecule has 0 bridgehead atoms. The van der Waals surface area contributed by atoms with Crippen LogP contribution < -0.4 is 5.32 Å². The van der Waals surface area contributed by atoms with E-state index in [0.717, 1.165) is 30.4 Å². The second-order valence-corrected chi connectivity index (χ2v) is 7.09. The first-order valence-corrected chi connectivity index (χ1v) is 9.73. The fraction of sp³-hybridized carbons (Fsp3) is 0.688. The maximum Gasteiger partial charge on any atom is 0.243 e. The minimum absolute atomic E-state index is 0.0127. The first-order valence-electron chi connectivity index (χ1n) is 8.33. The van der Waals surface area contributed by atoms with E-state index >= 15 is 0 Å². The van der Waals surface area contributed by atoms with E-state index in [9.17, 15) is 4.79 Å². The minimum atomic E-state index is -0.0421. The van der Waals surface area contributed by atoms with Gasteiger partial charge in [0.2, 0.25) is 5.91 Å². The van der Waals surface area contributed by atoms with Crippen LogP contribution in [0.1, 0.15) is 11.7 Å². The number of nitrogens with one attached hydrogen (secondary N) is 1. The first kappa shape index (κ1) is 19.6. The molecule has 1 fully saturated rings. The van der Waals surface area contributed by atoms with Crippen LogP contribution in [-0.2, 0) is 16.6 Å². The van der Waals surface area contributed by atoms with Crippen LogP contribution >= 0.6 is 11.8 Å². The third kappa shape index (κ3) is 5.93. The maximum atomic E-state index is 11.9. The van der Waals surface area contributed by atoms with Gasteiger partial charge in [-0.05, 0) is 6.26 Å². The Bertz CT molecular complexity index is 589. The van der Waals surface area contributed by atoms with Gasteiger partial charge in [0.25, 0.3) is 0 Å². The SMILES string of the molecule is CSCCNC(=NCC(=O)N(C)C)N1CCOC(c2cnn(C)c2)C1.